The number of hydrogen-bond donors (Lipinski definition) is 3. The predicted molar refractivity (Wildman–Crippen MR) is 144 cm³/mol. The topological polar surface area (TPSA) is 137 Å². The van der Waals surface area contributed by atoms with Crippen molar-refractivity contribution in [3.8, 4) is 28.6 Å². The molecule has 0 aliphatic carbocycles. The van der Waals surface area contributed by atoms with E-state index in [0.717, 1.165) is 5.56 Å². The van der Waals surface area contributed by atoms with Crippen LogP contribution in [0.5, 0.6) is 0 Å². The first-order chi connectivity index (χ1) is 18.4. The summed E-state index contributed by atoms with van der Waals surface area (Å²) in [6, 6.07) is 24.7. The summed E-state index contributed by atoms with van der Waals surface area (Å²) in [6.07, 6.45) is 0. The van der Waals surface area contributed by atoms with Crippen molar-refractivity contribution < 1.29 is 9.32 Å². The van der Waals surface area contributed by atoms with Crippen LogP contribution in [0.1, 0.15) is 21.7 Å². The van der Waals surface area contributed by atoms with Gasteiger partial charge in [-0.1, -0.05) is 59.2 Å². The van der Waals surface area contributed by atoms with Crippen LogP contribution in [0.15, 0.2) is 88.2 Å². The maximum Gasteiger partial charge on any atom is 0.270 e. The first-order valence-electron chi connectivity index (χ1n) is 11.4. The van der Waals surface area contributed by atoms with Crippen LogP contribution in [0.25, 0.3) is 22.5 Å². The van der Waals surface area contributed by atoms with Crippen molar-refractivity contribution in [2.24, 2.45) is 0 Å². The molecule has 2 heterocycles. The summed E-state index contributed by atoms with van der Waals surface area (Å²) < 4.78 is 5.30. The molecule has 38 heavy (non-hydrogen) atoms. The number of carbonyl (C=O) groups is 1. The van der Waals surface area contributed by atoms with Crippen LogP contribution in [0.2, 0.25) is 5.02 Å². The van der Waals surface area contributed by atoms with Crippen LogP contribution in [0, 0.1) is 18.3 Å². The van der Waals surface area contributed by atoms with E-state index in [9.17, 15) is 14.9 Å². The summed E-state index contributed by atoms with van der Waals surface area (Å²) in [5, 5.41) is 20.1. The van der Waals surface area contributed by atoms with E-state index in [2.05, 4.69) is 25.8 Å². The SMILES string of the molecule is Cc1onc(-c2ccccc2)c1C(=O)Nc1cccc(-c2nc(Nc3ccc(Cl)cc3)[nH]c(=O)c2C#N)c1. The Bertz CT molecular complexity index is 1740. The van der Waals surface area contributed by atoms with E-state index in [1.165, 1.54) is 0 Å². The van der Waals surface area contributed by atoms with Crippen molar-refractivity contribution in [3.05, 3.63) is 111 Å². The maximum atomic E-state index is 13.2. The highest BCUT2D eigenvalue weighted by molar-refractivity contribution is 6.30. The maximum absolute atomic E-state index is 13.2. The van der Waals surface area contributed by atoms with Gasteiger partial charge in [-0.15, -0.1) is 0 Å². The summed E-state index contributed by atoms with van der Waals surface area (Å²) in [4.78, 5) is 33.0. The molecule has 3 N–H and O–H groups in total. The van der Waals surface area contributed by atoms with Gasteiger partial charge in [0.2, 0.25) is 5.95 Å². The number of aromatic nitrogens is 3. The van der Waals surface area contributed by atoms with Gasteiger partial charge in [-0.3, -0.25) is 14.6 Å². The van der Waals surface area contributed by atoms with Crippen LogP contribution >= 0.6 is 11.6 Å². The molecule has 3 aromatic carbocycles. The van der Waals surface area contributed by atoms with E-state index in [1.807, 2.05) is 36.4 Å². The molecule has 0 radical (unpaired) electrons. The third-order valence-corrected chi connectivity index (χ3v) is 5.92. The fourth-order valence-electron chi connectivity index (χ4n) is 3.89. The van der Waals surface area contributed by atoms with E-state index in [4.69, 9.17) is 16.1 Å². The highest BCUT2D eigenvalue weighted by Crippen LogP contribution is 2.28. The van der Waals surface area contributed by atoms with Crippen molar-refractivity contribution in [2.75, 3.05) is 10.6 Å². The molecule has 0 aliphatic rings. The molecule has 10 heteroatoms. The Morgan fingerprint density at radius 1 is 0.974 bits per heavy atom. The minimum atomic E-state index is -0.601. The van der Waals surface area contributed by atoms with E-state index >= 15 is 0 Å². The molecular weight excluding hydrogens is 504 g/mol. The standard InChI is InChI=1S/C28H19ClN6O3/c1-16-23(25(35-38-16)17-6-3-2-4-7-17)27(37)31-21-9-5-8-18(14-21)24-22(15-30)26(36)34-28(33-24)32-20-12-10-19(29)11-13-20/h2-14H,1H3,(H,31,37)(H2,32,33,34,36). The lowest BCUT2D eigenvalue weighted by molar-refractivity contribution is 0.102. The van der Waals surface area contributed by atoms with Crippen LogP contribution in [-0.4, -0.2) is 21.0 Å². The average molecular weight is 523 g/mol. The molecule has 0 fully saturated rings. The largest absolute Gasteiger partial charge is 0.360 e. The lowest BCUT2D eigenvalue weighted by Crippen LogP contribution is -2.16. The molecule has 5 aromatic rings. The Kier molecular flexibility index (Phi) is 6.72. The number of amides is 1. The molecule has 0 spiro atoms. The van der Waals surface area contributed by atoms with Gasteiger partial charge >= 0.3 is 0 Å². The number of nitrogens with one attached hydrogen (secondary N) is 3. The Balaban J connectivity index is 1.47. The van der Waals surface area contributed by atoms with Crippen molar-refractivity contribution in [1.82, 2.24) is 15.1 Å². The minimum absolute atomic E-state index is 0.147. The molecule has 9 nitrogen and oxygen atoms in total. The zero-order valence-electron chi connectivity index (χ0n) is 19.9. The van der Waals surface area contributed by atoms with Crippen LogP contribution in [0.3, 0.4) is 0 Å². The van der Waals surface area contributed by atoms with Gasteiger partial charge in [0.25, 0.3) is 11.5 Å². The third kappa shape index (κ3) is 5.02. The third-order valence-electron chi connectivity index (χ3n) is 5.67. The van der Waals surface area contributed by atoms with Crippen molar-refractivity contribution in [3.63, 3.8) is 0 Å². The number of hydrogen-bond acceptors (Lipinski definition) is 7. The smallest absolute Gasteiger partial charge is 0.270 e. The molecule has 0 unspecified atom stereocenters. The van der Waals surface area contributed by atoms with Gasteiger partial charge in [0.15, 0.2) is 0 Å². The van der Waals surface area contributed by atoms with Gasteiger partial charge in [0.05, 0.1) is 5.69 Å². The fourth-order valence-corrected chi connectivity index (χ4v) is 4.01. The zero-order valence-corrected chi connectivity index (χ0v) is 20.7. The summed E-state index contributed by atoms with van der Waals surface area (Å²) in [6.45, 7) is 1.67. The van der Waals surface area contributed by atoms with E-state index in [0.29, 0.717) is 39.0 Å². The lowest BCUT2D eigenvalue weighted by Gasteiger charge is -2.11. The molecule has 0 saturated carbocycles. The molecule has 0 atom stereocenters. The van der Waals surface area contributed by atoms with Crippen molar-refractivity contribution in [1.29, 1.82) is 5.26 Å². The van der Waals surface area contributed by atoms with Gasteiger partial charge in [0, 0.05) is 27.5 Å². The number of nitrogens with zero attached hydrogens (tertiary/aromatic N) is 3. The molecule has 1 amide bonds. The normalized spacial score (nSPS) is 10.6. The van der Waals surface area contributed by atoms with Crippen LogP contribution < -0.4 is 16.2 Å². The number of halogens is 1. The van der Waals surface area contributed by atoms with Gasteiger partial charge in [-0.2, -0.15) is 5.26 Å². The Morgan fingerprint density at radius 2 is 1.71 bits per heavy atom. The number of rotatable bonds is 6. The molecule has 2 aromatic heterocycles. The lowest BCUT2D eigenvalue weighted by atomic mass is 10.0. The predicted octanol–water partition coefficient (Wildman–Crippen LogP) is 5.92. The second-order valence-corrected chi connectivity index (χ2v) is 8.68. The van der Waals surface area contributed by atoms with Gasteiger partial charge in [-0.05, 0) is 43.3 Å². The van der Waals surface area contributed by atoms with E-state index in [1.54, 1.807) is 55.5 Å². The monoisotopic (exact) mass is 522 g/mol. The van der Waals surface area contributed by atoms with Crippen molar-refractivity contribution in [2.45, 2.75) is 6.92 Å². The Hall–Kier alpha value is -5.20. The first-order valence-corrected chi connectivity index (χ1v) is 11.8. The second kappa shape index (κ2) is 10.4. The van der Waals surface area contributed by atoms with Crippen LogP contribution in [0.4, 0.5) is 17.3 Å². The Morgan fingerprint density at radius 3 is 2.45 bits per heavy atom. The van der Waals surface area contributed by atoms with Crippen LogP contribution in [-0.2, 0) is 0 Å². The van der Waals surface area contributed by atoms with Crippen molar-refractivity contribution >= 4 is 34.8 Å². The average Bonchev–Trinajstić information content (AvgIpc) is 3.32. The number of benzene rings is 3. The molecule has 0 aliphatic heterocycles. The number of nitriles is 1. The second-order valence-electron chi connectivity index (χ2n) is 8.25. The van der Waals surface area contributed by atoms with Gasteiger partial charge in [-0.25, -0.2) is 4.98 Å². The number of carbonyl (C=O) groups excluding carboxylic acids is 1. The summed E-state index contributed by atoms with van der Waals surface area (Å²) in [7, 11) is 0. The molecule has 186 valence electrons. The molecule has 5 rings (SSSR count). The molecule has 0 saturated heterocycles. The first kappa shape index (κ1) is 24.5. The van der Waals surface area contributed by atoms with Gasteiger partial charge in [0.1, 0.15) is 28.7 Å². The Labute approximate surface area is 221 Å². The quantitative estimate of drug-likeness (QED) is 0.251. The summed E-state index contributed by atoms with van der Waals surface area (Å²) >= 11 is 5.94. The van der Waals surface area contributed by atoms with E-state index in [-0.39, 0.29) is 17.2 Å². The number of aromatic amines is 1. The highest BCUT2D eigenvalue weighted by Gasteiger charge is 2.22. The highest BCUT2D eigenvalue weighted by atomic mass is 35.5. The van der Waals surface area contributed by atoms with Gasteiger partial charge < -0.3 is 15.2 Å². The fraction of sp³-hybridized carbons (Fsp3) is 0.0357. The number of anilines is 3. The molecule has 0 bridgehead atoms. The van der Waals surface area contributed by atoms with E-state index < -0.39 is 11.5 Å². The zero-order chi connectivity index (χ0) is 26.6. The number of H-pyrrole nitrogens is 1. The molecular formula is C28H19ClN6O3. The number of aryl methyl sites for hydroxylation is 1. The minimum Gasteiger partial charge on any atom is -0.360 e. The summed E-state index contributed by atoms with van der Waals surface area (Å²) in [5.41, 5.74) is 2.44. The summed E-state index contributed by atoms with van der Waals surface area (Å²) in [5.74, 6) is 0.107.